The predicted molar refractivity (Wildman–Crippen MR) is 133 cm³/mol. The van der Waals surface area contributed by atoms with Crippen LogP contribution in [0.2, 0.25) is 5.15 Å². The van der Waals surface area contributed by atoms with Crippen LogP contribution in [0.4, 0.5) is 5.69 Å². The van der Waals surface area contributed by atoms with Crippen molar-refractivity contribution in [3.05, 3.63) is 100 Å². The molecule has 2 N–H and O–H groups in total. The van der Waals surface area contributed by atoms with Crippen LogP contribution in [0.25, 0.3) is 0 Å². The Balaban J connectivity index is 1.92. The topological polar surface area (TPSA) is 141 Å². The molecule has 1 aromatic heterocycles. The van der Waals surface area contributed by atoms with Gasteiger partial charge in [0.2, 0.25) is 5.88 Å². The lowest BCUT2D eigenvalue weighted by atomic mass is 9.81. The van der Waals surface area contributed by atoms with Crippen molar-refractivity contribution in [2.24, 2.45) is 5.73 Å². The van der Waals surface area contributed by atoms with E-state index in [2.05, 4.69) is 16.3 Å². The number of halogens is 1. The first-order valence-electron chi connectivity index (χ1n) is 10.8. The quantitative estimate of drug-likeness (QED) is 0.479. The number of anilines is 1. The Kier molecular flexibility index (Phi) is 7.36. The zero-order valence-electron chi connectivity index (χ0n) is 19.7. The highest BCUT2D eigenvalue weighted by molar-refractivity contribution is 6.29. The second-order valence-electron chi connectivity index (χ2n) is 7.63. The largest absolute Gasteiger partial charge is 0.466 e. The molecule has 4 rings (SSSR count). The molecule has 0 saturated heterocycles. The number of carbonyl (C=O) groups is 2. The normalized spacial score (nSPS) is 15.2. The van der Waals surface area contributed by atoms with Gasteiger partial charge in [0.05, 0.1) is 43.0 Å². The highest BCUT2D eigenvalue weighted by Crippen LogP contribution is 2.43. The minimum atomic E-state index is -0.965. The molecule has 3 aromatic rings. The molecule has 0 aliphatic carbocycles. The van der Waals surface area contributed by atoms with Gasteiger partial charge in [-0.25, -0.2) is 9.59 Å². The molecule has 1 atom stereocenters. The molecule has 1 aliphatic heterocycles. The maximum atomic E-state index is 13.2. The summed E-state index contributed by atoms with van der Waals surface area (Å²) in [6.07, 6.45) is 0. The maximum Gasteiger partial charge on any atom is 0.355 e. The zero-order chi connectivity index (χ0) is 26.5. The van der Waals surface area contributed by atoms with Gasteiger partial charge in [-0.15, -0.1) is 10.2 Å². The first kappa shape index (κ1) is 25.2. The van der Waals surface area contributed by atoms with Crippen molar-refractivity contribution >= 4 is 29.2 Å². The number of hydrogen-bond donors (Lipinski definition) is 1. The van der Waals surface area contributed by atoms with Crippen molar-refractivity contribution in [1.29, 1.82) is 5.26 Å². The van der Waals surface area contributed by atoms with Gasteiger partial charge in [-0.3, -0.25) is 4.90 Å². The van der Waals surface area contributed by atoms with Crippen molar-refractivity contribution in [2.45, 2.75) is 5.92 Å². The second kappa shape index (κ2) is 10.8. The minimum Gasteiger partial charge on any atom is -0.466 e. The van der Waals surface area contributed by atoms with Crippen LogP contribution in [0.5, 0.6) is 11.6 Å². The number of methoxy groups -OCH3 is 2. The number of nitrogens with zero attached hydrogens (tertiary/aromatic N) is 4. The van der Waals surface area contributed by atoms with E-state index in [4.69, 9.17) is 31.5 Å². The SMILES string of the molecule is COC(=O)C1=C(C(=O)OC)N(c2cccc(Oc3ccc(Cl)nn3)c2)C(N)=C(C#N)C1c1ccccc1. The first-order chi connectivity index (χ1) is 17.9. The monoisotopic (exact) mass is 517 g/mol. The number of esters is 2. The van der Waals surface area contributed by atoms with Gasteiger partial charge in [-0.05, 0) is 23.8 Å². The molecular weight excluding hydrogens is 498 g/mol. The molecule has 2 aromatic carbocycles. The first-order valence-corrected chi connectivity index (χ1v) is 11.2. The molecule has 0 spiro atoms. The van der Waals surface area contributed by atoms with Crippen molar-refractivity contribution in [3.63, 3.8) is 0 Å². The summed E-state index contributed by atoms with van der Waals surface area (Å²) in [5.74, 6) is -2.21. The molecule has 37 heavy (non-hydrogen) atoms. The molecule has 0 radical (unpaired) electrons. The summed E-state index contributed by atoms with van der Waals surface area (Å²) in [5, 5.41) is 17.9. The molecule has 1 aliphatic rings. The van der Waals surface area contributed by atoms with E-state index in [1.807, 2.05) is 0 Å². The van der Waals surface area contributed by atoms with Gasteiger partial charge in [-0.2, -0.15) is 5.26 Å². The summed E-state index contributed by atoms with van der Waals surface area (Å²) in [6.45, 7) is 0. The van der Waals surface area contributed by atoms with Gasteiger partial charge < -0.3 is 19.9 Å². The Morgan fingerprint density at radius 3 is 2.35 bits per heavy atom. The number of carbonyl (C=O) groups excluding carboxylic acids is 2. The average molecular weight is 518 g/mol. The maximum absolute atomic E-state index is 13.2. The van der Waals surface area contributed by atoms with E-state index in [1.54, 1.807) is 54.6 Å². The fourth-order valence-corrected chi connectivity index (χ4v) is 4.05. The molecule has 0 bridgehead atoms. The van der Waals surface area contributed by atoms with Crippen LogP contribution in [-0.4, -0.2) is 36.4 Å². The third-order valence-electron chi connectivity index (χ3n) is 5.52. The number of nitriles is 1. The highest BCUT2D eigenvalue weighted by Gasteiger charge is 2.43. The Bertz CT molecular complexity index is 1450. The molecular formula is C26H20ClN5O5. The van der Waals surface area contributed by atoms with E-state index < -0.39 is 17.9 Å². The Labute approximate surface area is 217 Å². The molecule has 0 fully saturated rings. The number of allylic oxidation sites excluding steroid dienone is 1. The van der Waals surface area contributed by atoms with E-state index in [0.717, 1.165) is 0 Å². The van der Waals surface area contributed by atoms with Gasteiger partial charge >= 0.3 is 11.9 Å². The number of rotatable bonds is 6. The van der Waals surface area contributed by atoms with E-state index in [1.165, 1.54) is 31.3 Å². The van der Waals surface area contributed by atoms with Gasteiger partial charge in [0.15, 0.2) is 5.15 Å². The summed E-state index contributed by atoms with van der Waals surface area (Å²) >= 11 is 5.78. The Hall–Kier alpha value is -4.88. The van der Waals surface area contributed by atoms with Crippen molar-refractivity contribution in [3.8, 4) is 17.7 Å². The standard InChI is InChI=1S/C26H20ClN5O5/c1-35-25(33)22-21(15-7-4-3-5-8-15)18(14-28)24(29)32(23(22)26(34)36-2)16-9-6-10-17(13-16)37-20-12-11-19(27)30-31-20/h3-13,21H,29H2,1-2H3. The molecule has 1 unspecified atom stereocenters. The van der Waals surface area contributed by atoms with Gasteiger partial charge in [0.25, 0.3) is 0 Å². The van der Waals surface area contributed by atoms with E-state index in [-0.39, 0.29) is 33.7 Å². The lowest BCUT2D eigenvalue weighted by molar-refractivity contribution is -0.139. The molecule has 10 nitrogen and oxygen atoms in total. The number of nitrogens with two attached hydrogens (primary N) is 1. The van der Waals surface area contributed by atoms with Crippen LogP contribution in [0.1, 0.15) is 11.5 Å². The zero-order valence-corrected chi connectivity index (χ0v) is 20.5. The summed E-state index contributed by atoms with van der Waals surface area (Å²) in [5.41, 5.74) is 7.16. The summed E-state index contributed by atoms with van der Waals surface area (Å²) in [7, 11) is 2.37. The van der Waals surface area contributed by atoms with E-state index >= 15 is 0 Å². The molecule has 0 saturated carbocycles. The van der Waals surface area contributed by atoms with Gasteiger partial charge in [0.1, 0.15) is 17.3 Å². The van der Waals surface area contributed by atoms with Gasteiger partial charge in [0, 0.05) is 12.1 Å². The third-order valence-corrected chi connectivity index (χ3v) is 5.72. The van der Waals surface area contributed by atoms with Crippen molar-refractivity contribution in [2.75, 3.05) is 19.1 Å². The molecule has 0 amide bonds. The van der Waals surface area contributed by atoms with E-state index in [0.29, 0.717) is 17.0 Å². The summed E-state index contributed by atoms with van der Waals surface area (Å²) in [4.78, 5) is 27.6. The van der Waals surface area contributed by atoms with E-state index in [9.17, 15) is 14.9 Å². The number of hydrogen-bond acceptors (Lipinski definition) is 10. The number of aromatic nitrogens is 2. The number of ether oxygens (including phenoxy) is 3. The van der Waals surface area contributed by atoms with Crippen LogP contribution in [0.3, 0.4) is 0 Å². The van der Waals surface area contributed by atoms with Gasteiger partial charge in [-0.1, -0.05) is 48.0 Å². The molecule has 186 valence electrons. The Morgan fingerprint density at radius 1 is 1.00 bits per heavy atom. The number of benzene rings is 2. The van der Waals surface area contributed by atoms with Crippen LogP contribution in [0, 0.1) is 11.3 Å². The van der Waals surface area contributed by atoms with Crippen LogP contribution in [-0.2, 0) is 19.1 Å². The fourth-order valence-electron chi connectivity index (χ4n) is 3.95. The predicted octanol–water partition coefficient (Wildman–Crippen LogP) is 3.82. The minimum absolute atomic E-state index is 0.0501. The smallest absolute Gasteiger partial charge is 0.355 e. The molecule has 2 heterocycles. The third kappa shape index (κ3) is 4.94. The highest BCUT2D eigenvalue weighted by atomic mass is 35.5. The summed E-state index contributed by atoms with van der Waals surface area (Å²) in [6, 6.07) is 20.4. The van der Waals surface area contributed by atoms with Crippen LogP contribution < -0.4 is 15.4 Å². The lowest BCUT2D eigenvalue weighted by Gasteiger charge is -2.35. The lowest BCUT2D eigenvalue weighted by Crippen LogP contribution is -2.40. The van der Waals surface area contributed by atoms with Crippen molar-refractivity contribution < 1.29 is 23.8 Å². The average Bonchev–Trinajstić information content (AvgIpc) is 2.93. The fraction of sp³-hybridized carbons (Fsp3) is 0.115. The second-order valence-corrected chi connectivity index (χ2v) is 8.02. The summed E-state index contributed by atoms with van der Waals surface area (Å²) < 4.78 is 15.8. The van der Waals surface area contributed by atoms with Crippen molar-refractivity contribution in [1.82, 2.24) is 10.2 Å². The van der Waals surface area contributed by atoms with Crippen LogP contribution >= 0.6 is 11.6 Å². The van der Waals surface area contributed by atoms with Crippen LogP contribution in [0.15, 0.2) is 89.4 Å². The molecule has 11 heteroatoms. The Morgan fingerprint density at radius 2 is 1.73 bits per heavy atom.